The lowest BCUT2D eigenvalue weighted by Crippen LogP contribution is -1.73. The van der Waals surface area contributed by atoms with Crippen molar-refractivity contribution in [2.24, 2.45) is 0 Å². The van der Waals surface area contributed by atoms with E-state index in [0.29, 0.717) is 0 Å². The molecule has 0 bridgehead atoms. The van der Waals surface area contributed by atoms with Crippen LogP contribution in [0.5, 0.6) is 0 Å². The Hall–Kier alpha value is -0.790. The van der Waals surface area contributed by atoms with Crippen LogP contribution < -0.4 is 0 Å². The van der Waals surface area contributed by atoms with Crippen molar-refractivity contribution in [2.75, 3.05) is 0 Å². The summed E-state index contributed by atoms with van der Waals surface area (Å²) in [5.41, 5.74) is 1.03. The molecule has 0 saturated heterocycles. The Morgan fingerprint density at radius 2 is 2.10 bits per heavy atom. The van der Waals surface area contributed by atoms with Gasteiger partial charge >= 0.3 is 0 Å². The zero-order chi connectivity index (χ0) is 7.98. The third-order valence-electron chi connectivity index (χ3n) is 1.04. The van der Waals surface area contributed by atoms with E-state index in [1.165, 1.54) is 0 Å². The number of aryl methyl sites for hydroxylation is 2. The molecular weight excluding hydrogens is 126 g/mol. The van der Waals surface area contributed by atoms with Crippen molar-refractivity contribution in [3.05, 3.63) is 17.5 Å². The fourth-order valence-corrected chi connectivity index (χ4v) is 0.585. The zero-order valence-electron chi connectivity index (χ0n) is 7.14. The summed E-state index contributed by atoms with van der Waals surface area (Å²) in [6, 6.07) is 1.94. The van der Waals surface area contributed by atoms with Gasteiger partial charge in [0.1, 0.15) is 5.76 Å². The molecule has 0 aliphatic rings. The minimum absolute atomic E-state index is 0.891. The molecule has 0 radical (unpaired) electrons. The monoisotopic (exact) mass is 141 g/mol. The summed E-state index contributed by atoms with van der Waals surface area (Å²) < 4.78 is 4.81. The summed E-state index contributed by atoms with van der Waals surface area (Å²) in [6.45, 7) is 7.95. The third kappa shape index (κ3) is 2.67. The summed E-state index contributed by atoms with van der Waals surface area (Å²) in [6.07, 6.45) is 0.956. The number of hydrogen-bond donors (Lipinski definition) is 0. The van der Waals surface area contributed by atoms with E-state index in [1.807, 2.05) is 26.8 Å². The van der Waals surface area contributed by atoms with Crippen LogP contribution in [0.15, 0.2) is 10.6 Å². The van der Waals surface area contributed by atoms with Gasteiger partial charge in [0.2, 0.25) is 0 Å². The first-order valence-corrected chi connectivity index (χ1v) is 3.75. The van der Waals surface area contributed by atoms with Gasteiger partial charge in [0.05, 0.1) is 5.69 Å². The largest absolute Gasteiger partial charge is 0.361 e. The molecule has 1 heterocycles. The number of aromatic nitrogens is 1. The van der Waals surface area contributed by atoms with E-state index < -0.39 is 0 Å². The molecule has 2 nitrogen and oxygen atoms in total. The number of nitrogens with zero attached hydrogens (tertiary/aromatic N) is 1. The summed E-state index contributed by atoms with van der Waals surface area (Å²) in [4.78, 5) is 0. The van der Waals surface area contributed by atoms with Crippen molar-refractivity contribution in [2.45, 2.75) is 34.1 Å². The van der Waals surface area contributed by atoms with Gasteiger partial charge < -0.3 is 4.52 Å². The Bertz CT molecular complexity index is 170. The van der Waals surface area contributed by atoms with Crippen molar-refractivity contribution in [3.63, 3.8) is 0 Å². The van der Waals surface area contributed by atoms with Crippen molar-refractivity contribution < 1.29 is 4.52 Å². The molecule has 2 heteroatoms. The Morgan fingerprint density at radius 3 is 2.30 bits per heavy atom. The summed E-state index contributed by atoms with van der Waals surface area (Å²) in [5, 5.41) is 3.76. The highest BCUT2D eigenvalue weighted by molar-refractivity contribution is 5.02. The smallest absolute Gasteiger partial charge is 0.133 e. The first-order chi connectivity index (χ1) is 4.83. The Kier molecular flexibility index (Phi) is 4.63. The van der Waals surface area contributed by atoms with Gasteiger partial charge in [-0.1, -0.05) is 25.9 Å². The average Bonchev–Trinajstić information content (AvgIpc) is 2.40. The standard InChI is InChI=1S/C6H9NO.C2H6/c1-3-6-4-5(2)8-7-6;1-2/h4H,3H2,1-2H3;1-2H3. The molecule has 0 amide bonds. The number of hydrogen-bond acceptors (Lipinski definition) is 2. The van der Waals surface area contributed by atoms with E-state index in [2.05, 4.69) is 12.1 Å². The Morgan fingerprint density at radius 1 is 1.50 bits per heavy atom. The van der Waals surface area contributed by atoms with Gasteiger partial charge in [-0.15, -0.1) is 0 Å². The zero-order valence-corrected chi connectivity index (χ0v) is 7.14. The number of rotatable bonds is 1. The van der Waals surface area contributed by atoms with Crippen LogP contribution >= 0.6 is 0 Å². The van der Waals surface area contributed by atoms with Crippen molar-refractivity contribution in [1.82, 2.24) is 5.16 Å². The van der Waals surface area contributed by atoms with Crippen LogP contribution in [-0.2, 0) is 6.42 Å². The van der Waals surface area contributed by atoms with E-state index in [9.17, 15) is 0 Å². The highest BCUT2D eigenvalue weighted by atomic mass is 16.5. The topological polar surface area (TPSA) is 26.0 Å². The second kappa shape index (κ2) is 5.03. The Balaban J connectivity index is 0.000000371. The molecule has 0 aromatic carbocycles. The minimum Gasteiger partial charge on any atom is -0.361 e. The van der Waals surface area contributed by atoms with Gasteiger partial charge in [0.15, 0.2) is 0 Å². The van der Waals surface area contributed by atoms with E-state index in [1.54, 1.807) is 0 Å². The summed E-state index contributed by atoms with van der Waals surface area (Å²) in [7, 11) is 0. The van der Waals surface area contributed by atoms with Crippen LogP contribution in [0.25, 0.3) is 0 Å². The van der Waals surface area contributed by atoms with E-state index in [4.69, 9.17) is 4.52 Å². The third-order valence-corrected chi connectivity index (χ3v) is 1.04. The fourth-order valence-electron chi connectivity index (χ4n) is 0.585. The van der Waals surface area contributed by atoms with Crippen LogP contribution in [0.3, 0.4) is 0 Å². The van der Waals surface area contributed by atoms with E-state index >= 15 is 0 Å². The lowest BCUT2D eigenvalue weighted by Gasteiger charge is -1.75. The van der Waals surface area contributed by atoms with Gasteiger partial charge in [-0.05, 0) is 13.3 Å². The van der Waals surface area contributed by atoms with Crippen LogP contribution in [0.4, 0.5) is 0 Å². The van der Waals surface area contributed by atoms with Gasteiger partial charge in [0.25, 0.3) is 0 Å². The maximum Gasteiger partial charge on any atom is 0.133 e. The highest BCUT2D eigenvalue weighted by Crippen LogP contribution is 2.00. The molecule has 1 rings (SSSR count). The molecule has 10 heavy (non-hydrogen) atoms. The molecule has 0 atom stereocenters. The van der Waals surface area contributed by atoms with Crippen LogP contribution in [0, 0.1) is 6.92 Å². The lowest BCUT2D eigenvalue weighted by molar-refractivity contribution is 0.391. The van der Waals surface area contributed by atoms with Gasteiger partial charge in [0, 0.05) is 6.07 Å². The molecule has 58 valence electrons. The molecular formula is C8H15NO. The van der Waals surface area contributed by atoms with Crippen molar-refractivity contribution in [1.29, 1.82) is 0 Å². The second-order valence-corrected chi connectivity index (χ2v) is 1.78. The summed E-state index contributed by atoms with van der Waals surface area (Å²) >= 11 is 0. The predicted octanol–water partition coefficient (Wildman–Crippen LogP) is 2.57. The van der Waals surface area contributed by atoms with Crippen molar-refractivity contribution in [3.8, 4) is 0 Å². The minimum atomic E-state index is 0.891. The normalized spacial score (nSPS) is 8.40. The quantitative estimate of drug-likeness (QED) is 0.600. The first kappa shape index (κ1) is 9.21. The van der Waals surface area contributed by atoms with E-state index in [0.717, 1.165) is 17.9 Å². The molecule has 1 aromatic rings. The molecule has 0 aliphatic carbocycles. The van der Waals surface area contributed by atoms with Crippen LogP contribution in [-0.4, -0.2) is 5.16 Å². The molecule has 0 saturated carbocycles. The fraction of sp³-hybridized carbons (Fsp3) is 0.625. The van der Waals surface area contributed by atoms with E-state index in [-0.39, 0.29) is 0 Å². The van der Waals surface area contributed by atoms with Crippen LogP contribution in [0.1, 0.15) is 32.2 Å². The molecule has 0 spiro atoms. The average molecular weight is 141 g/mol. The second-order valence-electron chi connectivity index (χ2n) is 1.78. The predicted molar refractivity (Wildman–Crippen MR) is 42.0 cm³/mol. The van der Waals surface area contributed by atoms with Crippen molar-refractivity contribution >= 4 is 0 Å². The van der Waals surface area contributed by atoms with Gasteiger partial charge in [-0.3, -0.25) is 0 Å². The summed E-state index contributed by atoms with van der Waals surface area (Å²) in [5.74, 6) is 0.891. The molecule has 0 unspecified atom stereocenters. The molecule has 1 aromatic heterocycles. The molecule has 0 fully saturated rings. The molecule has 0 aliphatic heterocycles. The van der Waals surface area contributed by atoms with Crippen LogP contribution in [0.2, 0.25) is 0 Å². The maximum atomic E-state index is 4.81. The first-order valence-electron chi connectivity index (χ1n) is 3.75. The van der Waals surface area contributed by atoms with Gasteiger partial charge in [-0.25, -0.2) is 0 Å². The maximum absolute atomic E-state index is 4.81. The highest BCUT2D eigenvalue weighted by Gasteiger charge is 1.93. The molecule has 0 N–H and O–H groups in total. The SMILES string of the molecule is CC.CCc1cc(C)on1. The Labute approximate surface area is 62.2 Å². The van der Waals surface area contributed by atoms with Gasteiger partial charge in [-0.2, -0.15) is 0 Å². The lowest BCUT2D eigenvalue weighted by atomic mass is 10.3.